The Morgan fingerprint density at radius 1 is 1.08 bits per heavy atom. The molecular weight excluding hydrogens is 160 g/mol. The van der Waals surface area contributed by atoms with E-state index >= 15 is 0 Å². The second-order valence-electron chi connectivity index (χ2n) is 3.18. The lowest BCUT2D eigenvalue weighted by Crippen LogP contribution is -2.37. The van der Waals surface area contributed by atoms with Crippen molar-refractivity contribution in [2.24, 2.45) is 0 Å². The first-order valence-electron chi connectivity index (χ1n) is 4.65. The van der Waals surface area contributed by atoms with E-state index < -0.39 is 0 Å². The minimum atomic E-state index is 0.953. The molecule has 0 bridgehead atoms. The molecule has 0 atom stereocenters. The van der Waals surface area contributed by atoms with Crippen molar-refractivity contribution in [1.29, 1.82) is 0 Å². The fourth-order valence-electron chi connectivity index (χ4n) is 1.45. The molecule has 68 valence electrons. The normalized spacial score (nSPS) is 19.8. The van der Waals surface area contributed by atoms with E-state index in [4.69, 9.17) is 0 Å². The zero-order chi connectivity index (χ0) is 8.93. The summed E-state index contributed by atoms with van der Waals surface area (Å²) in [7, 11) is 0. The van der Waals surface area contributed by atoms with Gasteiger partial charge in [-0.25, -0.2) is 0 Å². The van der Waals surface area contributed by atoms with Gasteiger partial charge in [-0.3, -0.25) is 0 Å². The lowest BCUT2D eigenvalue weighted by atomic mass is 10.2. The monoisotopic (exact) mass is 174 g/mol. The van der Waals surface area contributed by atoms with Crippen molar-refractivity contribution in [2.45, 2.75) is 0 Å². The first kappa shape index (κ1) is 8.32. The predicted octanol–water partition coefficient (Wildman–Crippen LogP) is 1.22. The third-order valence-corrected chi connectivity index (χ3v) is 2.11. The minimum Gasteiger partial charge on any atom is -0.386 e. The Morgan fingerprint density at radius 3 is 2.62 bits per heavy atom. The summed E-state index contributed by atoms with van der Waals surface area (Å²) < 4.78 is 0. The molecule has 0 aliphatic carbocycles. The van der Waals surface area contributed by atoms with Gasteiger partial charge in [-0.15, -0.1) is 0 Å². The van der Waals surface area contributed by atoms with E-state index in [0.29, 0.717) is 0 Å². The quantitative estimate of drug-likeness (QED) is 0.669. The first-order valence-corrected chi connectivity index (χ1v) is 4.65. The summed E-state index contributed by atoms with van der Waals surface area (Å²) in [5, 5.41) is 6.69. The van der Waals surface area contributed by atoms with Crippen LogP contribution in [-0.2, 0) is 0 Å². The molecule has 0 saturated carbocycles. The molecule has 2 rings (SSSR count). The minimum absolute atomic E-state index is 0.953. The highest BCUT2D eigenvalue weighted by atomic mass is 15.0. The largest absolute Gasteiger partial charge is 0.386 e. The fourth-order valence-corrected chi connectivity index (χ4v) is 1.45. The van der Waals surface area contributed by atoms with Crippen LogP contribution in [0.1, 0.15) is 5.56 Å². The SMILES string of the molecule is C(=C1CNCCN1)c1ccccc1. The first-order chi connectivity index (χ1) is 6.45. The van der Waals surface area contributed by atoms with Gasteiger partial charge in [0.2, 0.25) is 0 Å². The number of rotatable bonds is 1. The molecule has 1 saturated heterocycles. The van der Waals surface area contributed by atoms with E-state index in [9.17, 15) is 0 Å². The summed E-state index contributed by atoms with van der Waals surface area (Å²) in [6.07, 6.45) is 2.19. The van der Waals surface area contributed by atoms with Gasteiger partial charge in [0.15, 0.2) is 0 Å². The van der Waals surface area contributed by atoms with E-state index in [-0.39, 0.29) is 0 Å². The van der Waals surface area contributed by atoms with Gasteiger partial charge in [-0.1, -0.05) is 30.3 Å². The molecule has 0 aromatic heterocycles. The maximum Gasteiger partial charge on any atom is 0.0354 e. The molecule has 0 amide bonds. The summed E-state index contributed by atoms with van der Waals surface area (Å²) in [6, 6.07) is 10.4. The van der Waals surface area contributed by atoms with E-state index in [2.05, 4.69) is 41.0 Å². The van der Waals surface area contributed by atoms with Crippen LogP contribution >= 0.6 is 0 Å². The van der Waals surface area contributed by atoms with Gasteiger partial charge in [0, 0.05) is 25.3 Å². The van der Waals surface area contributed by atoms with Gasteiger partial charge < -0.3 is 10.6 Å². The third kappa shape index (κ3) is 2.33. The Balaban J connectivity index is 2.10. The highest BCUT2D eigenvalue weighted by Crippen LogP contribution is 2.04. The van der Waals surface area contributed by atoms with Crippen molar-refractivity contribution in [3.8, 4) is 0 Å². The lowest BCUT2D eigenvalue weighted by Gasteiger charge is -2.17. The van der Waals surface area contributed by atoms with Crippen molar-refractivity contribution in [2.75, 3.05) is 19.6 Å². The summed E-state index contributed by atoms with van der Waals surface area (Å²) >= 11 is 0. The van der Waals surface area contributed by atoms with Crippen LogP contribution in [0.5, 0.6) is 0 Å². The van der Waals surface area contributed by atoms with E-state index in [1.54, 1.807) is 0 Å². The van der Waals surface area contributed by atoms with Crippen LogP contribution in [0, 0.1) is 0 Å². The van der Waals surface area contributed by atoms with Crippen LogP contribution in [0.25, 0.3) is 6.08 Å². The van der Waals surface area contributed by atoms with Gasteiger partial charge in [0.25, 0.3) is 0 Å². The topological polar surface area (TPSA) is 24.1 Å². The van der Waals surface area contributed by atoms with Crippen LogP contribution in [0.2, 0.25) is 0 Å². The number of nitrogens with one attached hydrogen (secondary N) is 2. The highest BCUT2D eigenvalue weighted by molar-refractivity contribution is 5.52. The van der Waals surface area contributed by atoms with Crippen molar-refractivity contribution in [3.05, 3.63) is 41.6 Å². The number of hydrogen-bond donors (Lipinski definition) is 2. The average molecular weight is 174 g/mol. The number of benzene rings is 1. The van der Waals surface area contributed by atoms with Gasteiger partial charge in [0.1, 0.15) is 0 Å². The average Bonchev–Trinajstić information content (AvgIpc) is 2.21. The summed E-state index contributed by atoms with van der Waals surface area (Å²) in [5.74, 6) is 0. The third-order valence-electron chi connectivity index (χ3n) is 2.11. The Labute approximate surface area is 78.7 Å². The molecule has 1 fully saturated rings. The van der Waals surface area contributed by atoms with E-state index in [1.807, 2.05) is 6.07 Å². The van der Waals surface area contributed by atoms with Gasteiger partial charge in [-0.05, 0) is 11.6 Å². The molecule has 2 N–H and O–H groups in total. The van der Waals surface area contributed by atoms with E-state index in [1.165, 1.54) is 11.3 Å². The van der Waals surface area contributed by atoms with Crippen molar-refractivity contribution in [1.82, 2.24) is 10.6 Å². The number of piperazine rings is 1. The Morgan fingerprint density at radius 2 is 1.92 bits per heavy atom. The second-order valence-corrected chi connectivity index (χ2v) is 3.18. The van der Waals surface area contributed by atoms with Gasteiger partial charge >= 0.3 is 0 Å². The van der Waals surface area contributed by atoms with Crippen molar-refractivity contribution >= 4 is 6.08 Å². The predicted molar refractivity (Wildman–Crippen MR) is 55.3 cm³/mol. The van der Waals surface area contributed by atoms with E-state index in [0.717, 1.165) is 19.6 Å². The molecule has 1 aromatic carbocycles. The maximum atomic E-state index is 3.37. The maximum absolute atomic E-state index is 3.37. The standard InChI is InChI=1S/C11H14N2/c1-2-4-10(5-3-1)8-11-9-12-6-7-13-11/h1-5,8,12-13H,6-7,9H2. The van der Waals surface area contributed by atoms with Crippen LogP contribution in [-0.4, -0.2) is 19.6 Å². The van der Waals surface area contributed by atoms with Crippen LogP contribution < -0.4 is 10.6 Å². The Bertz CT molecular complexity index is 282. The molecule has 0 unspecified atom stereocenters. The molecule has 13 heavy (non-hydrogen) atoms. The molecule has 1 heterocycles. The summed E-state index contributed by atoms with van der Waals surface area (Å²) in [5.41, 5.74) is 2.53. The van der Waals surface area contributed by atoms with Gasteiger partial charge in [-0.2, -0.15) is 0 Å². The molecular formula is C11H14N2. The molecule has 1 aliphatic rings. The molecule has 2 heteroatoms. The fraction of sp³-hybridized carbons (Fsp3) is 0.273. The molecule has 1 aromatic rings. The second kappa shape index (κ2) is 4.10. The van der Waals surface area contributed by atoms with Crippen LogP contribution in [0.3, 0.4) is 0 Å². The highest BCUT2D eigenvalue weighted by Gasteiger charge is 2.01. The summed E-state index contributed by atoms with van der Waals surface area (Å²) in [6.45, 7) is 3.04. The molecule has 1 aliphatic heterocycles. The van der Waals surface area contributed by atoms with Crippen molar-refractivity contribution in [3.63, 3.8) is 0 Å². The zero-order valence-electron chi connectivity index (χ0n) is 7.59. The zero-order valence-corrected chi connectivity index (χ0v) is 7.59. The van der Waals surface area contributed by atoms with Crippen LogP contribution in [0.4, 0.5) is 0 Å². The molecule has 0 radical (unpaired) electrons. The smallest absolute Gasteiger partial charge is 0.0354 e. The van der Waals surface area contributed by atoms with Crippen LogP contribution in [0.15, 0.2) is 36.0 Å². The molecule has 0 spiro atoms. The molecule has 2 nitrogen and oxygen atoms in total. The number of hydrogen-bond acceptors (Lipinski definition) is 2. The van der Waals surface area contributed by atoms with Crippen molar-refractivity contribution < 1.29 is 0 Å². The Hall–Kier alpha value is -1.28. The summed E-state index contributed by atoms with van der Waals surface area (Å²) in [4.78, 5) is 0. The Kier molecular flexibility index (Phi) is 2.62. The lowest BCUT2D eigenvalue weighted by molar-refractivity contribution is 0.602. The van der Waals surface area contributed by atoms with Gasteiger partial charge in [0.05, 0.1) is 0 Å².